The maximum Gasteiger partial charge on any atom is 0.360 e. The second-order valence-corrected chi connectivity index (χ2v) is 6.51. The van der Waals surface area contributed by atoms with E-state index in [1.54, 1.807) is 23.8 Å². The summed E-state index contributed by atoms with van der Waals surface area (Å²) in [6.45, 7) is 1.71. The molecule has 1 aromatic heterocycles. The SMILES string of the molecule is C/C=C/c1nn(C(=O)NS(=O)(=O)c2ccccc2Cl)c(=O)n1C. The van der Waals surface area contributed by atoms with Crippen molar-refractivity contribution in [2.24, 2.45) is 7.05 Å². The number of sulfonamides is 1. The number of halogens is 1. The zero-order valence-electron chi connectivity index (χ0n) is 12.2. The molecule has 1 amide bonds. The number of aromatic nitrogens is 3. The number of benzene rings is 1. The third kappa shape index (κ3) is 3.35. The zero-order valence-corrected chi connectivity index (χ0v) is 13.8. The highest BCUT2D eigenvalue weighted by atomic mass is 35.5. The number of carbonyl (C=O) groups is 1. The molecule has 8 nitrogen and oxygen atoms in total. The van der Waals surface area contributed by atoms with E-state index in [9.17, 15) is 18.0 Å². The highest BCUT2D eigenvalue weighted by molar-refractivity contribution is 7.90. The summed E-state index contributed by atoms with van der Waals surface area (Å²) in [4.78, 5) is 23.7. The van der Waals surface area contributed by atoms with Crippen LogP contribution in [0.4, 0.5) is 4.79 Å². The first-order valence-electron chi connectivity index (χ1n) is 6.38. The number of carbonyl (C=O) groups excluding carboxylic acids is 1. The van der Waals surface area contributed by atoms with E-state index in [2.05, 4.69) is 5.10 Å². The number of allylic oxidation sites excluding steroid dienone is 1. The van der Waals surface area contributed by atoms with Crippen molar-refractivity contribution >= 4 is 33.7 Å². The standard InChI is InChI=1S/C13H13ClN4O4S/c1-3-6-11-15-18(13(20)17(11)2)12(19)16-23(21,22)10-8-5-4-7-9(10)14/h3-8H,1-2H3,(H,16,19)/b6-3+. The number of hydrogen-bond donors (Lipinski definition) is 1. The highest BCUT2D eigenvalue weighted by Crippen LogP contribution is 2.20. The first-order chi connectivity index (χ1) is 10.8. The molecule has 2 aromatic rings. The molecule has 0 saturated carbocycles. The Bertz CT molecular complexity index is 943. The fourth-order valence-corrected chi connectivity index (χ4v) is 3.20. The van der Waals surface area contributed by atoms with Gasteiger partial charge in [-0.1, -0.05) is 29.8 Å². The van der Waals surface area contributed by atoms with E-state index in [0.717, 1.165) is 4.57 Å². The minimum atomic E-state index is -4.23. The summed E-state index contributed by atoms with van der Waals surface area (Å²) in [5, 5.41) is 3.72. The van der Waals surface area contributed by atoms with Crippen molar-refractivity contribution in [3.63, 3.8) is 0 Å². The molecule has 0 radical (unpaired) electrons. The smallest absolute Gasteiger partial charge is 0.278 e. The van der Waals surface area contributed by atoms with Crippen molar-refractivity contribution < 1.29 is 13.2 Å². The van der Waals surface area contributed by atoms with E-state index < -0.39 is 21.7 Å². The van der Waals surface area contributed by atoms with E-state index in [0.29, 0.717) is 4.68 Å². The largest absolute Gasteiger partial charge is 0.360 e. The molecule has 0 aliphatic carbocycles. The molecule has 0 aliphatic heterocycles. The number of nitrogens with one attached hydrogen (secondary N) is 1. The fourth-order valence-electron chi connectivity index (χ4n) is 1.75. The molecule has 0 spiro atoms. The lowest BCUT2D eigenvalue weighted by atomic mass is 10.4. The van der Waals surface area contributed by atoms with Gasteiger partial charge in [-0.3, -0.25) is 4.57 Å². The van der Waals surface area contributed by atoms with E-state index >= 15 is 0 Å². The molecule has 0 atom stereocenters. The molecule has 1 heterocycles. The summed E-state index contributed by atoms with van der Waals surface area (Å²) in [7, 11) is -2.82. The van der Waals surface area contributed by atoms with E-state index in [-0.39, 0.29) is 15.7 Å². The molecule has 0 saturated heterocycles. The lowest BCUT2D eigenvalue weighted by molar-refractivity contribution is 0.243. The average Bonchev–Trinajstić information content (AvgIpc) is 2.76. The van der Waals surface area contributed by atoms with E-state index in [1.807, 2.05) is 0 Å². The van der Waals surface area contributed by atoms with Gasteiger partial charge >= 0.3 is 11.7 Å². The molecule has 0 bridgehead atoms. The van der Waals surface area contributed by atoms with Crippen LogP contribution in [0.3, 0.4) is 0 Å². The van der Waals surface area contributed by atoms with Crippen LogP contribution in [0.2, 0.25) is 5.02 Å². The van der Waals surface area contributed by atoms with Gasteiger partial charge in [-0.05, 0) is 25.1 Å². The van der Waals surface area contributed by atoms with Gasteiger partial charge < -0.3 is 0 Å². The predicted octanol–water partition coefficient (Wildman–Crippen LogP) is 1.21. The zero-order chi connectivity index (χ0) is 17.2. The predicted molar refractivity (Wildman–Crippen MR) is 84.7 cm³/mol. The Morgan fingerprint density at radius 3 is 2.61 bits per heavy atom. The minimum Gasteiger partial charge on any atom is -0.278 e. The number of hydrogen-bond acceptors (Lipinski definition) is 5. The van der Waals surface area contributed by atoms with Gasteiger partial charge in [-0.2, -0.15) is 0 Å². The van der Waals surface area contributed by atoms with Crippen LogP contribution in [0.15, 0.2) is 40.0 Å². The van der Waals surface area contributed by atoms with Gasteiger partial charge in [-0.15, -0.1) is 9.78 Å². The van der Waals surface area contributed by atoms with Crippen molar-refractivity contribution in [3.8, 4) is 0 Å². The first-order valence-corrected chi connectivity index (χ1v) is 8.24. The van der Waals surface area contributed by atoms with E-state index in [4.69, 9.17) is 11.6 Å². The van der Waals surface area contributed by atoms with Crippen LogP contribution in [0, 0.1) is 0 Å². The Labute approximate surface area is 137 Å². The number of amides is 1. The Morgan fingerprint density at radius 1 is 1.35 bits per heavy atom. The van der Waals surface area contributed by atoms with Crippen LogP contribution in [0.25, 0.3) is 6.08 Å². The van der Waals surface area contributed by atoms with Gasteiger partial charge in [0, 0.05) is 7.05 Å². The molecule has 23 heavy (non-hydrogen) atoms. The van der Waals surface area contributed by atoms with Gasteiger partial charge in [0.05, 0.1) is 5.02 Å². The molecule has 1 N–H and O–H groups in total. The average molecular weight is 357 g/mol. The van der Waals surface area contributed by atoms with Crippen LogP contribution in [-0.2, 0) is 17.1 Å². The van der Waals surface area contributed by atoms with Crippen LogP contribution in [0.5, 0.6) is 0 Å². The molecular formula is C13H13ClN4O4S. The second-order valence-electron chi connectivity index (χ2n) is 4.45. The molecule has 2 rings (SSSR count). The second kappa shape index (κ2) is 6.39. The minimum absolute atomic E-state index is 0.0456. The van der Waals surface area contributed by atoms with Crippen LogP contribution >= 0.6 is 11.6 Å². The topological polar surface area (TPSA) is 103 Å². The molecule has 0 unspecified atom stereocenters. The summed E-state index contributed by atoms with van der Waals surface area (Å²) in [5.41, 5.74) is -0.773. The van der Waals surface area contributed by atoms with Crippen LogP contribution in [0.1, 0.15) is 12.7 Å². The van der Waals surface area contributed by atoms with E-state index in [1.165, 1.54) is 31.3 Å². The molecule has 0 fully saturated rings. The lowest BCUT2D eigenvalue weighted by Gasteiger charge is -2.07. The summed E-state index contributed by atoms with van der Waals surface area (Å²) in [6, 6.07) is 4.43. The van der Waals surface area contributed by atoms with Crippen LogP contribution < -0.4 is 10.4 Å². The molecule has 122 valence electrons. The Balaban J connectivity index is 2.38. The number of rotatable bonds is 3. The molecule has 1 aromatic carbocycles. The van der Waals surface area contributed by atoms with Crippen molar-refractivity contribution in [1.29, 1.82) is 0 Å². The normalized spacial score (nSPS) is 11.8. The van der Waals surface area contributed by atoms with Crippen molar-refractivity contribution in [1.82, 2.24) is 19.1 Å². The van der Waals surface area contributed by atoms with Gasteiger partial charge in [0.2, 0.25) is 0 Å². The van der Waals surface area contributed by atoms with Gasteiger partial charge in [-0.25, -0.2) is 22.7 Å². The van der Waals surface area contributed by atoms with Gasteiger partial charge in [0.25, 0.3) is 10.0 Å². The lowest BCUT2D eigenvalue weighted by Crippen LogP contribution is -2.40. The monoisotopic (exact) mass is 356 g/mol. The summed E-state index contributed by atoms with van der Waals surface area (Å²) < 4.78 is 27.7. The Kier molecular flexibility index (Phi) is 4.71. The third-order valence-electron chi connectivity index (χ3n) is 2.87. The molecule has 0 aliphatic rings. The van der Waals surface area contributed by atoms with Crippen molar-refractivity contribution in [2.45, 2.75) is 11.8 Å². The van der Waals surface area contributed by atoms with Crippen LogP contribution in [-0.4, -0.2) is 28.8 Å². The summed E-state index contributed by atoms with van der Waals surface area (Å²) in [5.74, 6) is 0.211. The Morgan fingerprint density at radius 2 is 2.00 bits per heavy atom. The fraction of sp³-hybridized carbons (Fsp3) is 0.154. The first kappa shape index (κ1) is 17.0. The maximum absolute atomic E-state index is 12.2. The maximum atomic E-state index is 12.2. The van der Waals surface area contributed by atoms with Crippen molar-refractivity contribution in [2.75, 3.05) is 0 Å². The third-order valence-corrected chi connectivity index (χ3v) is 4.69. The molecular weight excluding hydrogens is 344 g/mol. The molecule has 10 heteroatoms. The Hall–Kier alpha value is -2.39. The highest BCUT2D eigenvalue weighted by Gasteiger charge is 2.23. The quantitative estimate of drug-likeness (QED) is 0.890. The van der Waals surface area contributed by atoms with Gasteiger partial charge in [0.1, 0.15) is 4.90 Å². The summed E-state index contributed by atoms with van der Waals surface area (Å²) >= 11 is 5.81. The number of nitrogens with zero attached hydrogens (tertiary/aromatic N) is 3. The summed E-state index contributed by atoms with van der Waals surface area (Å²) in [6.07, 6.45) is 3.14. The van der Waals surface area contributed by atoms with Gasteiger partial charge in [0.15, 0.2) is 5.82 Å². The van der Waals surface area contributed by atoms with Crippen molar-refractivity contribution in [3.05, 3.63) is 51.7 Å².